The Bertz CT molecular complexity index is 1370. The molecule has 0 unspecified atom stereocenters. The SMILES string of the molecule is CCCCc1nc(N2CCN(C(=O)c3ccc(C)cc3)CC2)c2c(C)nn(-c3ccc(F)cc3)c2n1. The number of carbonyl (C=O) groups excluding carboxylic acids is 1. The summed E-state index contributed by atoms with van der Waals surface area (Å²) in [6.07, 6.45) is 2.82. The number of nitrogens with zero attached hydrogens (tertiary/aromatic N) is 6. The maximum absolute atomic E-state index is 13.6. The summed E-state index contributed by atoms with van der Waals surface area (Å²) in [6.45, 7) is 8.72. The lowest BCUT2D eigenvalue weighted by molar-refractivity contribution is 0.0746. The van der Waals surface area contributed by atoms with Crippen LogP contribution in [0.5, 0.6) is 0 Å². The van der Waals surface area contributed by atoms with Gasteiger partial charge in [0.15, 0.2) is 5.65 Å². The summed E-state index contributed by atoms with van der Waals surface area (Å²) >= 11 is 0. The third kappa shape index (κ3) is 4.67. The highest BCUT2D eigenvalue weighted by Crippen LogP contribution is 2.30. The van der Waals surface area contributed by atoms with Crippen LogP contribution in [0, 0.1) is 19.7 Å². The van der Waals surface area contributed by atoms with Crippen LogP contribution in [-0.2, 0) is 6.42 Å². The van der Waals surface area contributed by atoms with E-state index in [1.54, 1.807) is 16.8 Å². The Labute approximate surface area is 210 Å². The zero-order valence-electron chi connectivity index (χ0n) is 21.0. The van der Waals surface area contributed by atoms with Gasteiger partial charge >= 0.3 is 0 Å². The van der Waals surface area contributed by atoms with Crippen molar-refractivity contribution < 1.29 is 9.18 Å². The first-order chi connectivity index (χ1) is 17.4. The van der Waals surface area contributed by atoms with Crippen molar-refractivity contribution in [2.75, 3.05) is 31.1 Å². The fourth-order valence-electron chi connectivity index (χ4n) is 4.64. The molecule has 1 aliphatic rings. The second kappa shape index (κ2) is 10.0. The van der Waals surface area contributed by atoms with Gasteiger partial charge in [-0.05, 0) is 56.7 Å². The first kappa shape index (κ1) is 23.9. The van der Waals surface area contributed by atoms with Crippen molar-refractivity contribution in [2.45, 2.75) is 40.0 Å². The monoisotopic (exact) mass is 486 g/mol. The van der Waals surface area contributed by atoms with Gasteiger partial charge in [-0.2, -0.15) is 5.10 Å². The minimum atomic E-state index is -0.288. The van der Waals surface area contributed by atoms with E-state index in [0.29, 0.717) is 26.2 Å². The number of fused-ring (bicyclic) bond motifs is 1. The molecule has 0 saturated carbocycles. The molecule has 0 radical (unpaired) electrons. The molecule has 1 aliphatic heterocycles. The van der Waals surface area contributed by atoms with E-state index in [4.69, 9.17) is 15.1 Å². The van der Waals surface area contributed by atoms with Crippen LogP contribution in [0.2, 0.25) is 0 Å². The number of amides is 1. The van der Waals surface area contributed by atoms with Crippen LogP contribution in [0.3, 0.4) is 0 Å². The van der Waals surface area contributed by atoms with Gasteiger partial charge < -0.3 is 9.80 Å². The van der Waals surface area contributed by atoms with Crippen LogP contribution >= 0.6 is 0 Å². The molecule has 36 heavy (non-hydrogen) atoms. The molecule has 2 aromatic carbocycles. The minimum Gasteiger partial charge on any atom is -0.352 e. The summed E-state index contributed by atoms with van der Waals surface area (Å²) in [5, 5.41) is 5.66. The maximum Gasteiger partial charge on any atom is 0.253 e. The van der Waals surface area contributed by atoms with Crippen molar-refractivity contribution in [2.24, 2.45) is 0 Å². The number of anilines is 1. The highest BCUT2D eigenvalue weighted by molar-refractivity contribution is 5.95. The third-order valence-electron chi connectivity index (χ3n) is 6.72. The predicted molar refractivity (Wildman–Crippen MR) is 139 cm³/mol. The number of halogens is 1. The largest absolute Gasteiger partial charge is 0.352 e. The lowest BCUT2D eigenvalue weighted by Crippen LogP contribution is -2.49. The van der Waals surface area contributed by atoms with E-state index in [2.05, 4.69) is 11.8 Å². The first-order valence-electron chi connectivity index (χ1n) is 12.6. The van der Waals surface area contributed by atoms with Gasteiger partial charge in [-0.3, -0.25) is 4.79 Å². The summed E-state index contributed by atoms with van der Waals surface area (Å²) < 4.78 is 15.3. The van der Waals surface area contributed by atoms with Gasteiger partial charge in [-0.1, -0.05) is 31.0 Å². The molecule has 1 fully saturated rings. The van der Waals surface area contributed by atoms with Crippen LogP contribution in [0.25, 0.3) is 16.7 Å². The number of hydrogen-bond acceptors (Lipinski definition) is 5. The van der Waals surface area contributed by atoms with Gasteiger partial charge in [0.25, 0.3) is 5.91 Å². The maximum atomic E-state index is 13.6. The fourth-order valence-corrected chi connectivity index (χ4v) is 4.64. The third-order valence-corrected chi connectivity index (χ3v) is 6.72. The Morgan fingerprint density at radius 2 is 1.64 bits per heavy atom. The average Bonchev–Trinajstić information content (AvgIpc) is 3.23. The molecule has 4 aromatic rings. The number of aryl methyl sites for hydroxylation is 3. The molecule has 8 heteroatoms. The number of benzene rings is 2. The van der Waals surface area contributed by atoms with Gasteiger partial charge in [0.2, 0.25) is 0 Å². The molecule has 2 aromatic heterocycles. The van der Waals surface area contributed by atoms with E-state index < -0.39 is 0 Å². The molecule has 0 bridgehead atoms. The number of aromatic nitrogens is 4. The molecule has 0 atom stereocenters. The summed E-state index contributed by atoms with van der Waals surface area (Å²) in [4.78, 5) is 27.0. The zero-order chi connectivity index (χ0) is 25.2. The van der Waals surface area contributed by atoms with Gasteiger partial charge in [-0.15, -0.1) is 0 Å². The highest BCUT2D eigenvalue weighted by Gasteiger charge is 2.27. The fraction of sp³-hybridized carbons (Fsp3) is 0.357. The Balaban J connectivity index is 1.47. The van der Waals surface area contributed by atoms with Gasteiger partial charge in [-0.25, -0.2) is 19.0 Å². The lowest BCUT2D eigenvalue weighted by Gasteiger charge is -2.36. The van der Waals surface area contributed by atoms with E-state index in [-0.39, 0.29) is 11.7 Å². The molecule has 5 rings (SSSR count). The number of unbranched alkanes of at least 4 members (excludes halogenated alkanes) is 1. The molecule has 3 heterocycles. The summed E-state index contributed by atoms with van der Waals surface area (Å²) in [5.41, 5.74) is 4.17. The molecule has 0 aliphatic carbocycles. The van der Waals surface area contributed by atoms with Crippen molar-refractivity contribution in [3.8, 4) is 5.69 Å². The Morgan fingerprint density at radius 3 is 2.31 bits per heavy atom. The van der Waals surface area contributed by atoms with Gasteiger partial charge in [0, 0.05) is 38.2 Å². The van der Waals surface area contributed by atoms with Crippen molar-refractivity contribution in [1.29, 1.82) is 0 Å². The van der Waals surface area contributed by atoms with Crippen LogP contribution in [0.4, 0.5) is 10.2 Å². The Hall–Kier alpha value is -3.81. The van der Waals surface area contributed by atoms with E-state index in [9.17, 15) is 9.18 Å². The molecule has 0 N–H and O–H groups in total. The average molecular weight is 487 g/mol. The second-order valence-corrected chi connectivity index (χ2v) is 9.38. The molecule has 1 saturated heterocycles. The van der Waals surface area contributed by atoms with E-state index in [1.165, 1.54) is 12.1 Å². The van der Waals surface area contributed by atoms with Crippen LogP contribution in [0.15, 0.2) is 48.5 Å². The van der Waals surface area contributed by atoms with Gasteiger partial charge in [0.05, 0.1) is 16.8 Å². The summed E-state index contributed by atoms with van der Waals surface area (Å²) in [7, 11) is 0. The number of rotatable bonds is 6. The quantitative estimate of drug-likeness (QED) is 0.389. The molecule has 7 nitrogen and oxygen atoms in total. The number of hydrogen-bond donors (Lipinski definition) is 0. The topological polar surface area (TPSA) is 67.2 Å². The molecule has 186 valence electrons. The van der Waals surface area contributed by atoms with Crippen molar-refractivity contribution >= 4 is 22.8 Å². The van der Waals surface area contributed by atoms with Crippen molar-refractivity contribution in [3.63, 3.8) is 0 Å². The second-order valence-electron chi connectivity index (χ2n) is 9.38. The minimum absolute atomic E-state index is 0.0615. The molecule has 0 spiro atoms. The lowest BCUT2D eigenvalue weighted by atomic mass is 10.1. The number of piperazine rings is 1. The smallest absolute Gasteiger partial charge is 0.253 e. The summed E-state index contributed by atoms with van der Waals surface area (Å²) in [6, 6.07) is 14.0. The van der Waals surface area contributed by atoms with E-state index >= 15 is 0 Å². The van der Waals surface area contributed by atoms with E-state index in [0.717, 1.165) is 64.4 Å². The summed E-state index contributed by atoms with van der Waals surface area (Å²) in [5.74, 6) is 1.41. The highest BCUT2D eigenvalue weighted by atomic mass is 19.1. The van der Waals surface area contributed by atoms with Crippen molar-refractivity contribution in [3.05, 3.63) is 77.0 Å². The standard InChI is InChI=1S/C28H31FN6O/c1-4-5-6-24-30-26(25-20(3)32-35(27(25)31-24)23-13-11-22(29)12-14-23)33-15-17-34(18-16-33)28(36)21-9-7-19(2)8-10-21/h7-14H,4-6,15-18H2,1-3H3. The predicted octanol–water partition coefficient (Wildman–Crippen LogP) is 4.88. The first-order valence-corrected chi connectivity index (χ1v) is 12.6. The van der Waals surface area contributed by atoms with Crippen molar-refractivity contribution in [1.82, 2.24) is 24.6 Å². The van der Waals surface area contributed by atoms with Crippen LogP contribution < -0.4 is 4.90 Å². The normalized spacial score (nSPS) is 14.0. The molecular weight excluding hydrogens is 455 g/mol. The number of carbonyl (C=O) groups is 1. The Kier molecular flexibility index (Phi) is 6.67. The molecule has 1 amide bonds. The van der Waals surface area contributed by atoms with E-state index in [1.807, 2.05) is 43.0 Å². The molecular formula is C28H31FN6O. The zero-order valence-corrected chi connectivity index (χ0v) is 21.0. The Morgan fingerprint density at radius 1 is 0.944 bits per heavy atom. The van der Waals surface area contributed by atoms with Crippen LogP contribution in [0.1, 0.15) is 47.2 Å². The van der Waals surface area contributed by atoms with Gasteiger partial charge in [0.1, 0.15) is 17.5 Å². The van der Waals surface area contributed by atoms with Crippen LogP contribution in [-0.4, -0.2) is 56.7 Å².